The third-order valence-electron chi connectivity index (χ3n) is 0.0563. The van der Waals surface area contributed by atoms with Gasteiger partial charge in [-0.15, -0.1) is 0 Å². The van der Waals surface area contributed by atoms with Crippen molar-refractivity contribution in [3.05, 3.63) is 0 Å². The van der Waals surface area contributed by atoms with Gasteiger partial charge in [-0.1, -0.05) is 0 Å². The number of halogens is 1. The molecule has 0 radical (unpaired) electrons. The van der Waals surface area contributed by atoms with Crippen LogP contribution in [-0.2, 0) is 26.6 Å². The SMILES string of the molecule is [O]=[V](=[O])[O]F. The molecule has 0 aromatic heterocycles. The monoisotopic (exact) mass is 118 g/mol. The van der Waals surface area contributed by atoms with Crippen LogP contribution < -0.4 is 0 Å². The molecule has 0 saturated carbocycles. The first-order valence-corrected chi connectivity index (χ1v) is 2.41. The molecule has 30 valence electrons. The van der Waals surface area contributed by atoms with Gasteiger partial charge in [0.2, 0.25) is 0 Å². The molecule has 5 heteroatoms. The van der Waals surface area contributed by atoms with Crippen LogP contribution in [0.15, 0.2) is 0 Å². The van der Waals surface area contributed by atoms with Gasteiger partial charge in [-0.2, -0.15) is 0 Å². The topological polar surface area (TPSA) is 43.4 Å². The summed E-state index contributed by atoms with van der Waals surface area (Å²) in [6.45, 7) is 0. The van der Waals surface area contributed by atoms with Gasteiger partial charge in [-0.05, 0) is 0 Å². The Balaban J connectivity index is 3.23. The van der Waals surface area contributed by atoms with Crippen molar-refractivity contribution in [2.45, 2.75) is 0 Å². The molecule has 0 saturated heterocycles. The molecule has 0 fully saturated rings. The van der Waals surface area contributed by atoms with Crippen LogP contribution >= 0.6 is 0 Å². The fourth-order valence-corrected chi connectivity index (χ4v) is 0. The van der Waals surface area contributed by atoms with E-state index < -0.39 is 15.4 Å². The van der Waals surface area contributed by atoms with Gasteiger partial charge in [0.25, 0.3) is 0 Å². The summed E-state index contributed by atoms with van der Waals surface area (Å²) in [5.41, 5.74) is 0. The summed E-state index contributed by atoms with van der Waals surface area (Å²) in [6.07, 6.45) is 0. The van der Waals surface area contributed by atoms with E-state index in [9.17, 15) is 4.53 Å². The summed E-state index contributed by atoms with van der Waals surface area (Å²) < 4.78 is 30.1. The molecule has 3 nitrogen and oxygen atoms in total. The molecule has 0 aliphatic heterocycles. The molecule has 0 aromatic rings. The predicted molar refractivity (Wildman–Crippen MR) is 3.57 cm³/mol. The average Bonchev–Trinajstić information content (AvgIpc) is 1.38. The molecule has 0 bridgehead atoms. The Kier molecular flexibility index (Phi) is 2.35. The molecule has 0 spiro atoms. The van der Waals surface area contributed by atoms with Crippen molar-refractivity contribution in [3.63, 3.8) is 0 Å². The molecule has 0 unspecified atom stereocenters. The van der Waals surface area contributed by atoms with E-state index in [0.717, 1.165) is 0 Å². The van der Waals surface area contributed by atoms with Gasteiger partial charge in [0.05, 0.1) is 0 Å². The molecular weight excluding hydrogens is 118 g/mol. The van der Waals surface area contributed by atoms with Crippen LogP contribution in [0, 0.1) is 0 Å². The summed E-state index contributed by atoms with van der Waals surface area (Å²) in [6, 6.07) is 0. The van der Waals surface area contributed by atoms with Gasteiger partial charge < -0.3 is 0 Å². The standard InChI is InChI=1S/FO.2O.V/c1-2;;;/q-1;;;+1. The first-order valence-electron chi connectivity index (χ1n) is 0.702. The van der Waals surface area contributed by atoms with E-state index >= 15 is 0 Å². The van der Waals surface area contributed by atoms with Crippen LogP contribution in [0.25, 0.3) is 0 Å². The zero-order valence-corrected chi connectivity index (χ0v) is 3.45. The van der Waals surface area contributed by atoms with Crippen molar-refractivity contribution >= 4 is 0 Å². The minimum absolute atomic E-state index is 2.28. The number of hydrogen-bond acceptors (Lipinski definition) is 3. The Morgan fingerprint density at radius 2 is 1.80 bits per heavy atom. The van der Waals surface area contributed by atoms with Gasteiger partial charge in [0.15, 0.2) is 0 Å². The van der Waals surface area contributed by atoms with Gasteiger partial charge in [0, 0.05) is 0 Å². The zero-order valence-electron chi connectivity index (χ0n) is 2.05. The quantitative estimate of drug-likeness (QED) is 0.490. The van der Waals surface area contributed by atoms with Crippen LogP contribution in [0.2, 0.25) is 0 Å². The second kappa shape index (κ2) is 2.32. The van der Waals surface area contributed by atoms with Crippen LogP contribution in [0.5, 0.6) is 0 Å². The van der Waals surface area contributed by atoms with Gasteiger partial charge in [-0.25, -0.2) is 0 Å². The molecule has 0 rings (SSSR count). The van der Waals surface area contributed by atoms with Crippen LogP contribution in [0.4, 0.5) is 4.53 Å². The van der Waals surface area contributed by atoms with Crippen molar-refractivity contribution in [1.29, 1.82) is 0 Å². The van der Waals surface area contributed by atoms with Gasteiger partial charge in [-0.3, -0.25) is 0 Å². The van der Waals surface area contributed by atoms with Crippen LogP contribution in [-0.4, -0.2) is 0 Å². The van der Waals surface area contributed by atoms with Crippen molar-refractivity contribution in [3.8, 4) is 0 Å². The zero-order chi connectivity index (χ0) is 4.28. The van der Waals surface area contributed by atoms with E-state index in [-0.39, 0.29) is 0 Å². The number of rotatable bonds is 1. The molecule has 0 amide bonds. The molecule has 5 heavy (non-hydrogen) atoms. The van der Waals surface area contributed by atoms with E-state index in [0.29, 0.717) is 0 Å². The molecule has 0 heterocycles. The summed E-state index contributed by atoms with van der Waals surface area (Å²) in [5.74, 6) is 0. The van der Waals surface area contributed by atoms with E-state index in [1.807, 2.05) is 0 Å². The average molecular weight is 118 g/mol. The Bertz CT molecular complexity index is 65.0. The molecule has 0 aliphatic carbocycles. The Morgan fingerprint density at radius 3 is 1.80 bits per heavy atom. The fourth-order valence-electron chi connectivity index (χ4n) is 0. The van der Waals surface area contributed by atoms with Crippen molar-refractivity contribution < 1.29 is 31.1 Å². The van der Waals surface area contributed by atoms with E-state index in [4.69, 9.17) is 7.35 Å². The van der Waals surface area contributed by atoms with E-state index in [1.165, 1.54) is 0 Å². The van der Waals surface area contributed by atoms with Crippen molar-refractivity contribution in [2.24, 2.45) is 0 Å². The van der Waals surface area contributed by atoms with Crippen molar-refractivity contribution in [1.82, 2.24) is 0 Å². The maximum atomic E-state index is 10.1. The molecule has 0 aromatic carbocycles. The normalized spacial score (nSPS) is 7.40. The molecule has 0 aliphatic rings. The van der Waals surface area contributed by atoms with E-state index in [2.05, 4.69) is 3.87 Å². The Labute approximate surface area is 32.0 Å². The summed E-state index contributed by atoms with van der Waals surface area (Å²) in [5, 5.41) is 0. The Morgan fingerprint density at radius 1 is 1.60 bits per heavy atom. The molecule has 0 N–H and O–H groups in total. The van der Waals surface area contributed by atoms with E-state index in [1.54, 1.807) is 0 Å². The first-order chi connectivity index (χ1) is 2.27. The van der Waals surface area contributed by atoms with Gasteiger partial charge in [0.1, 0.15) is 0 Å². The molecular formula is FO3V. The maximum absolute atomic E-state index is 10.1. The second-order valence-electron chi connectivity index (χ2n) is 0.293. The third kappa shape index (κ3) is 4.07. The third-order valence-corrected chi connectivity index (χ3v) is 0.232. The van der Waals surface area contributed by atoms with Gasteiger partial charge >= 0.3 is 31.1 Å². The predicted octanol–water partition coefficient (Wildman–Crippen LogP) is 0.112. The first kappa shape index (κ1) is 5.07. The molecule has 0 atom stereocenters. The summed E-state index contributed by atoms with van der Waals surface area (Å²) in [7, 11) is 0. The Hall–Kier alpha value is 0.0744. The summed E-state index contributed by atoms with van der Waals surface area (Å²) >= 11 is -3.87. The summed E-state index contributed by atoms with van der Waals surface area (Å²) in [4.78, 5) is 0. The van der Waals surface area contributed by atoms with Crippen LogP contribution in [0.3, 0.4) is 0 Å². The van der Waals surface area contributed by atoms with Crippen LogP contribution in [0.1, 0.15) is 0 Å². The minimum atomic E-state index is -3.87. The second-order valence-corrected chi connectivity index (χ2v) is 1.21. The van der Waals surface area contributed by atoms with Crippen molar-refractivity contribution in [2.75, 3.05) is 0 Å². The fraction of sp³-hybridized carbons (Fsp3) is 0. The number of hydrogen-bond donors (Lipinski definition) is 0.